The molecule has 0 radical (unpaired) electrons. The Kier molecular flexibility index (Phi) is 4.97. The summed E-state index contributed by atoms with van der Waals surface area (Å²) in [6, 6.07) is 3.82. The molecule has 5 nitrogen and oxygen atoms in total. The standard InChI is InChI=1S/C13H14FNO4S/c14-11-2-1-9(7-10(11)13(17)18)20-8-12(16)15-3-5-19-6-4-15/h1-2,7H,3-6,8H2,(H,17,18). The van der Waals surface area contributed by atoms with Crippen molar-refractivity contribution in [3.05, 3.63) is 29.6 Å². The van der Waals surface area contributed by atoms with E-state index >= 15 is 0 Å². The van der Waals surface area contributed by atoms with Gasteiger partial charge in [0.2, 0.25) is 5.91 Å². The van der Waals surface area contributed by atoms with Crippen LogP contribution in [0.2, 0.25) is 0 Å². The van der Waals surface area contributed by atoms with E-state index in [-0.39, 0.29) is 17.2 Å². The van der Waals surface area contributed by atoms with Gasteiger partial charge in [-0.25, -0.2) is 9.18 Å². The number of ether oxygens (including phenoxy) is 1. The summed E-state index contributed by atoms with van der Waals surface area (Å²) in [5.74, 6) is -1.92. The van der Waals surface area contributed by atoms with Gasteiger partial charge in [-0.15, -0.1) is 11.8 Å². The molecule has 0 aliphatic carbocycles. The predicted molar refractivity (Wildman–Crippen MR) is 71.5 cm³/mol. The van der Waals surface area contributed by atoms with Gasteiger partial charge < -0.3 is 14.7 Å². The highest BCUT2D eigenvalue weighted by atomic mass is 32.2. The van der Waals surface area contributed by atoms with Gasteiger partial charge in [0.25, 0.3) is 0 Å². The predicted octanol–water partition coefficient (Wildman–Crippen LogP) is 1.47. The van der Waals surface area contributed by atoms with E-state index in [2.05, 4.69) is 0 Å². The third kappa shape index (κ3) is 3.71. The molecule has 1 saturated heterocycles. The van der Waals surface area contributed by atoms with Gasteiger partial charge in [0.15, 0.2) is 0 Å². The van der Waals surface area contributed by atoms with Gasteiger partial charge in [0.05, 0.1) is 24.5 Å². The normalized spacial score (nSPS) is 15.2. The van der Waals surface area contributed by atoms with Gasteiger partial charge in [-0.3, -0.25) is 4.79 Å². The Morgan fingerprint density at radius 3 is 2.70 bits per heavy atom. The lowest BCUT2D eigenvalue weighted by Gasteiger charge is -2.26. The fraction of sp³-hybridized carbons (Fsp3) is 0.385. The largest absolute Gasteiger partial charge is 0.478 e. The molecule has 0 unspecified atom stereocenters. The number of carboxylic acids is 1. The van der Waals surface area contributed by atoms with Crippen LogP contribution in [-0.4, -0.2) is 53.9 Å². The van der Waals surface area contributed by atoms with Crippen molar-refractivity contribution < 1.29 is 23.8 Å². The van der Waals surface area contributed by atoms with Crippen molar-refractivity contribution in [2.24, 2.45) is 0 Å². The van der Waals surface area contributed by atoms with Crippen LogP contribution >= 0.6 is 11.8 Å². The molecule has 0 spiro atoms. The molecule has 7 heteroatoms. The van der Waals surface area contributed by atoms with Crippen LogP contribution in [0.4, 0.5) is 4.39 Å². The number of carbonyl (C=O) groups excluding carboxylic acids is 1. The highest BCUT2D eigenvalue weighted by Gasteiger charge is 2.17. The first-order valence-electron chi connectivity index (χ1n) is 6.09. The number of hydrogen-bond acceptors (Lipinski definition) is 4. The number of thioether (sulfide) groups is 1. The summed E-state index contributed by atoms with van der Waals surface area (Å²) in [6.45, 7) is 2.22. The lowest BCUT2D eigenvalue weighted by Crippen LogP contribution is -2.41. The summed E-state index contributed by atoms with van der Waals surface area (Å²) in [6.07, 6.45) is 0. The Labute approximate surface area is 119 Å². The molecule has 1 amide bonds. The third-order valence-electron chi connectivity index (χ3n) is 2.89. The maximum Gasteiger partial charge on any atom is 0.338 e. The molecular formula is C13H14FNO4S. The smallest absolute Gasteiger partial charge is 0.338 e. The molecule has 1 aromatic rings. The van der Waals surface area contributed by atoms with Crippen LogP contribution in [0.1, 0.15) is 10.4 Å². The minimum atomic E-state index is -1.32. The number of halogens is 1. The van der Waals surface area contributed by atoms with Crippen LogP contribution in [0, 0.1) is 5.82 Å². The SMILES string of the molecule is O=C(O)c1cc(SCC(=O)N2CCOCC2)ccc1F. The number of hydrogen-bond donors (Lipinski definition) is 1. The highest BCUT2D eigenvalue weighted by molar-refractivity contribution is 8.00. The monoisotopic (exact) mass is 299 g/mol. The lowest BCUT2D eigenvalue weighted by atomic mass is 10.2. The van der Waals surface area contributed by atoms with E-state index in [1.807, 2.05) is 0 Å². The average Bonchev–Trinajstić information content (AvgIpc) is 2.46. The van der Waals surface area contributed by atoms with Crippen LogP contribution in [0.25, 0.3) is 0 Å². The quantitative estimate of drug-likeness (QED) is 0.853. The van der Waals surface area contributed by atoms with Gasteiger partial charge in [-0.1, -0.05) is 0 Å². The van der Waals surface area contributed by atoms with Crippen molar-refractivity contribution >= 4 is 23.6 Å². The lowest BCUT2D eigenvalue weighted by molar-refractivity contribution is -0.132. The van der Waals surface area contributed by atoms with E-state index in [9.17, 15) is 14.0 Å². The van der Waals surface area contributed by atoms with Crippen molar-refractivity contribution in [2.45, 2.75) is 4.90 Å². The molecule has 1 heterocycles. The van der Waals surface area contributed by atoms with Crippen LogP contribution in [0.15, 0.2) is 23.1 Å². The molecule has 1 fully saturated rings. The van der Waals surface area contributed by atoms with Gasteiger partial charge in [0, 0.05) is 18.0 Å². The molecule has 1 aromatic carbocycles. The van der Waals surface area contributed by atoms with Crippen molar-refractivity contribution in [2.75, 3.05) is 32.1 Å². The second-order valence-electron chi connectivity index (χ2n) is 4.23. The molecule has 1 N–H and O–H groups in total. The van der Waals surface area contributed by atoms with Crippen LogP contribution in [-0.2, 0) is 9.53 Å². The fourth-order valence-corrected chi connectivity index (χ4v) is 2.65. The molecule has 108 valence electrons. The average molecular weight is 299 g/mol. The number of amides is 1. The number of carboxylic acid groups (broad SMARTS) is 1. The molecule has 0 aromatic heterocycles. The van der Waals surface area contributed by atoms with Gasteiger partial charge >= 0.3 is 5.97 Å². The van der Waals surface area contributed by atoms with Gasteiger partial charge in [-0.2, -0.15) is 0 Å². The van der Waals surface area contributed by atoms with Crippen LogP contribution < -0.4 is 0 Å². The van der Waals surface area contributed by atoms with Gasteiger partial charge in [-0.05, 0) is 18.2 Å². The Morgan fingerprint density at radius 1 is 1.35 bits per heavy atom. The summed E-state index contributed by atoms with van der Waals surface area (Å²) >= 11 is 1.20. The van der Waals surface area contributed by atoms with Crippen LogP contribution in [0.5, 0.6) is 0 Å². The van der Waals surface area contributed by atoms with E-state index in [1.54, 1.807) is 4.90 Å². The number of rotatable bonds is 4. The summed E-state index contributed by atoms with van der Waals surface area (Å²) < 4.78 is 18.4. The molecule has 0 atom stereocenters. The summed E-state index contributed by atoms with van der Waals surface area (Å²) in [7, 11) is 0. The zero-order chi connectivity index (χ0) is 14.5. The van der Waals surface area contributed by atoms with E-state index in [1.165, 1.54) is 23.9 Å². The fourth-order valence-electron chi connectivity index (χ4n) is 1.81. The second kappa shape index (κ2) is 6.71. The molecular weight excluding hydrogens is 285 g/mol. The maximum absolute atomic E-state index is 13.2. The number of nitrogens with zero attached hydrogens (tertiary/aromatic N) is 1. The Balaban J connectivity index is 1.95. The summed E-state index contributed by atoms with van der Waals surface area (Å²) in [4.78, 5) is 25.0. The third-order valence-corrected chi connectivity index (χ3v) is 3.87. The minimum Gasteiger partial charge on any atom is -0.478 e. The molecule has 0 bridgehead atoms. The van der Waals surface area contributed by atoms with Crippen molar-refractivity contribution in [1.29, 1.82) is 0 Å². The first kappa shape index (κ1) is 14.8. The Bertz CT molecular complexity index is 517. The van der Waals surface area contributed by atoms with Gasteiger partial charge in [0.1, 0.15) is 5.82 Å². The summed E-state index contributed by atoms with van der Waals surface area (Å²) in [5.41, 5.74) is -0.381. The molecule has 2 rings (SSSR count). The number of carbonyl (C=O) groups is 2. The van der Waals surface area contributed by atoms with E-state index in [4.69, 9.17) is 9.84 Å². The maximum atomic E-state index is 13.2. The zero-order valence-corrected chi connectivity index (χ0v) is 11.5. The minimum absolute atomic E-state index is 0.0282. The molecule has 1 aliphatic heterocycles. The number of aromatic carboxylic acids is 1. The first-order chi connectivity index (χ1) is 9.58. The molecule has 20 heavy (non-hydrogen) atoms. The van der Waals surface area contributed by atoms with Crippen LogP contribution in [0.3, 0.4) is 0 Å². The van der Waals surface area contributed by atoms with Crippen molar-refractivity contribution in [3.63, 3.8) is 0 Å². The van der Waals surface area contributed by atoms with E-state index in [0.29, 0.717) is 31.2 Å². The number of morpholine rings is 1. The molecule has 1 aliphatic rings. The highest BCUT2D eigenvalue weighted by Crippen LogP contribution is 2.21. The van der Waals surface area contributed by atoms with Crippen molar-refractivity contribution in [1.82, 2.24) is 4.90 Å². The summed E-state index contributed by atoms with van der Waals surface area (Å²) in [5, 5.41) is 8.83. The Morgan fingerprint density at radius 2 is 2.05 bits per heavy atom. The number of benzene rings is 1. The first-order valence-corrected chi connectivity index (χ1v) is 7.07. The van der Waals surface area contributed by atoms with E-state index in [0.717, 1.165) is 6.07 Å². The zero-order valence-electron chi connectivity index (χ0n) is 10.7. The molecule has 0 saturated carbocycles. The second-order valence-corrected chi connectivity index (χ2v) is 5.28. The Hall–Kier alpha value is -1.60. The topological polar surface area (TPSA) is 66.8 Å². The van der Waals surface area contributed by atoms with E-state index < -0.39 is 11.8 Å². The van der Waals surface area contributed by atoms with Crippen molar-refractivity contribution in [3.8, 4) is 0 Å².